The SMILES string of the molecule is C=CCCC(=O)NC[C@@H](C)OC(=O)[C@@H]1[C@@H]2CC[C@]3(O2)[C@H](C(=O)N(CC=C)c2ccc(N(CC)CC)cc2)N(CCCO)C(=O)[C@@H]13. The van der Waals surface area contributed by atoms with Crippen molar-refractivity contribution in [2.75, 3.05) is 49.1 Å². The lowest BCUT2D eigenvalue weighted by molar-refractivity contribution is -0.159. The summed E-state index contributed by atoms with van der Waals surface area (Å²) in [5, 5.41) is 12.4. The Morgan fingerprint density at radius 1 is 1.18 bits per heavy atom. The van der Waals surface area contributed by atoms with Gasteiger partial charge in [0.15, 0.2) is 0 Å². The number of nitrogens with one attached hydrogen (secondary N) is 1. The first kappa shape index (κ1) is 34.2. The van der Waals surface area contributed by atoms with Crippen molar-refractivity contribution in [2.45, 2.75) is 76.7 Å². The molecule has 4 rings (SSSR count). The number of hydrogen-bond acceptors (Lipinski definition) is 8. The first-order chi connectivity index (χ1) is 21.7. The number of hydrogen-bond donors (Lipinski definition) is 2. The van der Waals surface area contributed by atoms with Gasteiger partial charge in [-0.1, -0.05) is 12.2 Å². The fourth-order valence-corrected chi connectivity index (χ4v) is 7.11. The van der Waals surface area contributed by atoms with Crippen molar-refractivity contribution in [3.05, 3.63) is 49.6 Å². The van der Waals surface area contributed by atoms with Crippen LogP contribution in [0.2, 0.25) is 0 Å². The molecule has 45 heavy (non-hydrogen) atoms. The van der Waals surface area contributed by atoms with Gasteiger partial charge in [0, 0.05) is 50.6 Å². The number of carbonyl (C=O) groups is 4. The molecule has 2 bridgehead atoms. The van der Waals surface area contributed by atoms with Crippen molar-refractivity contribution in [3.8, 4) is 0 Å². The van der Waals surface area contributed by atoms with Crippen molar-refractivity contribution in [2.24, 2.45) is 11.8 Å². The van der Waals surface area contributed by atoms with Crippen LogP contribution in [-0.2, 0) is 28.7 Å². The average molecular weight is 625 g/mol. The molecule has 246 valence electrons. The van der Waals surface area contributed by atoms with Crippen molar-refractivity contribution in [3.63, 3.8) is 0 Å². The maximum Gasteiger partial charge on any atom is 0.312 e. The molecule has 11 nitrogen and oxygen atoms in total. The second-order valence-corrected chi connectivity index (χ2v) is 12.0. The molecule has 1 aromatic rings. The molecule has 2 N–H and O–H groups in total. The van der Waals surface area contributed by atoms with Crippen LogP contribution in [0.1, 0.15) is 52.9 Å². The number of benzene rings is 1. The third kappa shape index (κ3) is 6.79. The van der Waals surface area contributed by atoms with Gasteiger partial charge >= 0.3 is 5.97 Å². The van der Waals surface area contributed by atoms with E-state index in [0.717, 1.165) is 18.8 Å². The van der Waals surface area contributed by atoms with E-state index in [1.807, 2.05) is 24.3 Å². The molecule has 3 amide bonds. The van der Waals surface area contributed by atoms with Crippen molar-refractivity contribution >= 4 is 35.1 Å². The maximum atomic E-state index is 14.6. The Kier molecular flexibility index (Phi) is 11.4. The third-order valence-electron chi connectivity index (χ3n) is 9.21. The minimum atomic E-state index is -1.19. The average Bonchev–Trinajstić information content (AvgIpc) is 3.68. The number of esters is 1. The number of aliphatic hydroxyl groups excluding tert-OH is 1. The summed E-state index contributed by atoms with van der Waals surface area (Å²) in [7, 11) is 0. The van der Waals surface area contributed by atoms with Gasteiger partial charge in [0.1, 0.15) is 17.7 Å². The van der Waals surface area contributed by atoms with E-state index in [1.54, 1.807) is 24.0 Å². The number of amides is 3. The van der Waals surface area contributed by atoms with E-state index >= 15 is 0 Å². The van der Waals surface area contributed by atoms with Gasteiger partial charge in [-0.2, -0.15) is 0 Å². The van der Waals surface area contributed by atoms with Gasteiger partial charge in [0.2, 0.25) is 11.8 Å². The first-order valence-electron chi connectivity index (χ1n) is 16.1. The lowest BCUT2D eigenvalue weighted by Gasteiger charge is -2.37. The number of anilines is 2. The zero-order valence-electron chi connectivity index (χ0n) is 26.8. The van der Waals surface area contributed by atoms with Crippen LogP contribution in [0.15, 0.2) is 49.6 Å². The smallest absolute Gasteiger partial charge is 0.312 e. The van der Waals surface area contributed by atoms with Crippen LogP contribution < -0.4 is 15.1 Å². The molecule has 3 aliphatic rings. The quantitative estimate of drug-likeness (QED) is 0.200. The summed E-state index contributed by atoms with van der Waals surface area (Å²) < 4.78 is 12.2. The molecule has 0 aliphatic carbocycles. The van der Waals surface area contributed by atoms with Gasteiger partial charge in [-0.05, 0) is 70.7 Å². The van der Waals surface area contributed by atoms with Gasteiger partial charge in [-0.15, -0.1) is 13.2 Å². The highest BCUT2D eigenvalue weighted by molar-refractivity contribution is 6.04. The van der Waals surface area contributed by atoms with Gasteiger partial charge in [0.25, 0.3) is 5.91 Å². The number of ether oxygens (including phenoxy) is 2. The van der Waals surface area contributed by atoms with Gasteiger partial charge in [0.05, 0.1) is 24.5 Å². The van der Waals surface area contributed by atoms with E-state index < -0.39 is 41.7 Å². The minimum Gasteiger partial charge on any atom is -0.460 e. The molecule has 3 saturated heterocycles. The molecular weight excluding hydrogens is 576 g/mol. The standard InChI is InChI=1S/C34H48N4O7/c1-6-10-12-27(40)35-22-23(5)44-33(43)28-26-17-18-34(45-26)29(28)31(41)38(20-11-21-39)30(34)32(42)37(19-7-2)25-15-13-24(14-16-25)36(8-3)9-4/h6-7,13-16,23,26,28-30,39H,1-2,8-12,17-22H2,3-5H3,(H,35,40)/t23-,26+,28-,29-,30+,34-/m1/s1. The molecule has 0 aromatic heterocycles. The van der Waals surface area contributed by atoms with Crippen molar-refractivity contribution in [1.29, 1.82) is 0 Å². The highest BCUT2D eigenvalue weighted by Crippen LogP contribution is 2.59. The maximum absolute atomic E-state index is 14.6. The lowest BCUT2D eigenvalue weighted by Crippen LogP contribution is -2.56. The summed E-state index contributed by atoms with van der Waals surface area (Å²) in [6, 6.07) is 6.76. The van der Waals surface area contributed by atoms with Crippen LogP contribution in [0.5, 0.6) is 0 Å². The molecule has 1 spiro atoms. The van der Waals surface area contributed by atoms with Gasteiger partial charge in [-0.25, -0.2) is 0 Å². The van der Waals surface area contributed by atoms with E-state index in [4.69, 9.17) is 9.47 Å². The van der Waals surface area contributed by atoms with E-state index in [9.17, 15) is 24.3 Å². The predicted octanol–water partition coefficient (Wildman–Crippen LogP) is 2.82. The number of fused-ring (bicyclic) bond motifs is 1. The molecule has 3 aliphatic heterocycles. The van der Waals surface area contributed by atoms with Crippen molar-refractivity contribution in [1.82, 2.24) is 10.2 Å². The molecule has 0 radical (unpaired) electrons. The summed E-state index contributed by atoms with van der Waals surface area (Å²) in [4.78, 5) is 59.6. The number of likely N-dealkylation sites (tertiary alicyclic amines) is 1. The highest BCUT2D eigenvalue weighted by atomic mass is 16.6. The molecule has 0 unspecified atom stereocenters. The van der Waals surface area contributed by atoms with E-state index in [0.29, 0.717) is 31.4 Å². The minimum absolute atomic E-state index is 0.136. The second-order valence-electron chi connectivity index (χ2n) is 12.0. The van der Waals surface area contributed by atoms with Crippen LogP contribution in [0, 0.1) is 11.8 Å². The second kappa shape index (κ2) is 15.1. The van der Waals surface area contributed by atoms with Crippen LogP contribution in [-0.4, -0.2) is 96.9 Å². The van der Waals surface area contributed by atoms with E-state index in [2.05, 4.69) is 37.2 Å². The van der Waals surface area contributed by atoms with Crippen molar-refractivity contribution < 1.29 is 33.8 Å². The lowest BCUT2D eigenvalue weighted by atomic mass is 9.70. The largest absolute Gasteiger partial charge is 0.460 e. The predicted molar refractivity (Wildman–Crippen MR) is 172 cm³/mol. The molecule has 6 atom stereocenters. The Balaban J connectivity index is 1.59. The normalized spacial score (nSPS) is 25.4. The molecular formula is C34H48N4O7. The Morgan fingerprint density at radius 2 is 1.87 bits per heavy atom. The van der Waals surface area contributed by atoms with Crippen LogP contribution >= 0.6 is 0 Å². The van der Waals surface area contributed by atoms with Crippen LogP contribution in [0.25, 0.3) is 0 Å². The highest BCUT2D eigenvalue weighted by Gasteiger charge is 2.75. The number of carbonyl (C=O) groups excluding carboxylic acids is 4. The molecule has 0 saturated carbocycles. The Morgan fingerprint density at radius 3 is 2.49 bits per heavy atom. The van der Waals surface area contributed by atoms with E-state index in [1.165, 1.54) is 4.90 Å². The summed E-state index contributed by atoms with van der Waals surface area (Å²) in [5.41, 5.74) is 0.511. The Hall–Kier alpha value is -3.70. The summed E-state index contributed by atoms with van der Waals surface area (Å²) >= 11 is 0. The fourth-order valence-electron chi connectivity index (χ4n) is 7.11. The molecule has 3 heterocycles. The van der Waals surface area contributed by atoms with E-state index in [-0.39, 0.29) is 50.4 Å². The molecule has 1 aromatic carbocycles. The number of rotatable bonds is 17. The monoisotopic (exact) mass is 624 g/mol. The first-order valence-corrected chi connectivity index (χ1v) is 16.1. The number of aliphatic hydroxyl groups is 1. The number of allylic oxidation sites excluding steroid dienone is 1. The van der Waals surface area contributed by atoms with Crippen LogP contribution in [0.4, 0.5) is 11.4 Å². The summed E-state index contributed by atoms with van der Waals surface area (Å²) in [5.74, 6) is -3.16. The zero-order valence-corrected chi connectivity index (χ0v) is 26.8. The zero-order chi connectivity index (χ0) is 32.7. The van der Waals surface area contributed by atoms with Crippen LogP contribution in [0.3, 0.4) is 0 Å². The van der Waals surface area contributed by atoms with Gasteiger partial charge in [-0.3, -0.25) is 19.2 Å². The summed E-state index contributed by atoms with van der Waals surface area (Å²) in [6.45, 7) is 15.4. The van der Waals surface area contributed by atoms with Gasteiger partial charge < -0.3 is 34.6 Å². The molecule has 11 heteroatoms. The topological polar surface area (TPSA) is 129 Å². The Labute approximate surface area is 266 Å². The third-order valence-corrected chi connectivity index (χ3v) is 9.21. The molecule has 3 fully saturated rings. The Bertz CT molecular complexity index is 1250. The number of nitrogens with zero attached hydrogens (tertiary/aromatic N) is 3. The fraction of sp³-hybridized carbons (Fsp3) is 0.588. The summed E-state index contributed by atoms with van der Waals surface area (Å²) in [6.07, 6.45) is 4.20.